The first kappa shape index (κ1) is 15.3. The molecule has 0 spiro atoms. The van der Waals surface area contributed by atoms with E-state index in [1.807, 2.05) is 19.1 Å². The summed E-state index contributed by atoms with van der Waals surface area (Å²) < 4.78 is 24.4. The summed E-state index contributed by atoms with van der Waals surface area (Å²) in [6.45, 7) is 2.59. The summed E-state index contributed by atoms with van der Waals surface area (Å²) in [7, 11) is -3.21. The van der Waals surface area contributed by atoms with Crippen LogP contribution in [0, 0.1) is 5.92 Å². The van der Waals surface area contributed by atoms with Gasteiger partial charge in [-0.15, -0.1) is 0 Å². The third-order valence-electron chi connectivity index (χ3n) is 3.79. The maximum absolute atomic E-state index is 12.2. The van der Waals surface area contributed by atoms with Crippen LogP contribution in [0.2, 0.25) is 0 Å². The minimum absolute atomic E-state index is 0.174. The normalized spacial score (nSPS) is 22.9. The molecule has 0 heterocycles. The molecule has 0 aliphatic heterocycles. The Morgan fingerprint density at radius 2 is 2.05 bits per heavy atom. The second-order valence-electron chi connectivity index (χ2n) is 5.53. The molecule has 20 heavy (non-hydrogen) atoms. The number of para-hydroxylation sites is 1. The second-order valence-corrected chi connectivity index (χ2v) is 7.61. The molecule has 1 aliphatic carbocycles. The van der Waals surface area contributed by atoms with Gasteiger partial charge in [0.25, 0.3) is 0 Å². The Morgan fingerprint density at radius 3 is 2.70 bits per heavy atom. The molecule has 2 N–H and O–H groups in total. The van der Waals surface area contributed by atoms with Gasteiger partial charge < -0.3 is 10.4 Å². The van der Waals surface area contributed by atoms with Gasteiger partial charge in [0, 0.05) is 6.54 Å². The highest BCUT2D eigenvalue weighted by Gasteiger charge is 2.23. The molecule has 2 rings (SSSR count). The van der Waals surface area contributed by atoms with Gasteiger partial charge in [-0.2, -0.15) is 0 Å². The predicted molar refractivity (Wildman–Crippen MR) is 80.6 cm³/mol. The number of benzene rings is 1. The first-order valence-corrected chi connectivity index (χ1v) is 8.92. The molecule has 1 fully saturated rings. The van der Waals surface area contributed by atoms with Crippen molar-refractivity contribution < 1.29 is 13.5 Å². The topological polar surface area (TPSA) is 66.4 Å². The number of hydrogen-bond donors (Lipinski definition) is 2. The van der Waals surface area contributed by atoms with Crippen LogP contribution >= 0.6 is 0 Å². The fourth-order valence-corrected chi connectivity index (χ4v) is 4.27. The third kappa shape index (κ3) is 3.73. The molecular formula is C15H23NO3S. The third-order valence-corrected chi connectivity index (χ3v) is 5.76. The van der Waals surface area contributed by atoms with Crippen LogP contribution in [0.1, 0.15) is 32.6 Å². The Balaban J connectivity index is 2.08. The van der Waals surface area contributed by atoms with E-state index in [9.17, 15) is 13.5 Å². The van der Waals surface area contributed by atoms with Gasteiger partial charge in [-0.25, -0.2) is 8.42 Å². The molecule has 1 aromatic carbocycles. The van der Waals surface area contributed by atoms with Crippen LogP contribution < -0.4 is 5.32 Å². The second kappa shape index (κ2) is 6.59. The SMILES string of the molecule is CCCS(=O)(=O)c1ccccc1NCC1CCC(O)C1. The number of rotatable bonds is 6. The van der Waals surface area contributed by atoms with E-state index in [0.717, 1.165) is 25.8 Å². The van der Waals surface area contributed by atoms with Crippen molar-refractivity contribution in [2.24, 2.45) is 5.92 Å². The summed E-state index contributed by atoms with van der Waals surface area (Å²) in [6.07, 6.45) is 3.07. The van der Waals surface area contributed by atoms with Crippen LogP contribution in [-0.4, -0.2) is 31.9 Å². The van der Waals surface area contributed by atoms with Crippen LogP contribution in [-0.2, 0) is 9.84 Å². The molecule has 0 bridgehead atoms. The Labute approximate surface area is 121 Å². The van der Waals surface area contributed by atoms with Crippen LogP contribution in [0.15, 0.2) is 29.2 Å². The van der Waals surface area contributed by atoms with Crippen LogP contribution in [0.3, 0.4) is 0 Å². The lowest BCUT2D eigenvalue weighted by atomic mass is 10.1. The molecule has 0 amide bonds. The first-order valence-electron chi connectivity index (χ1n) is 7.26. The average Bonchev–Trinajstić information content (AvgIpc) is 2.82. The minimum atomic E-state index is -3.21. The van der Waals surface area contributed by atoms with Crippen molar-refractivity contribution in [3.05, 3.63) is 24.3 Å². The number of hydrogen-bond acceptors (Lipinski definition) is 4. The number of nitrogens with one attached hydrogen (secondary N) is 1. The maximum Gasteiger partial charge on any atom is 0.180 e. The predicted octanol–water partition coefficient (Wildman–Crippen LogP) is 2.44. The van der Waals surface area contributed by atoms with E-state index in [1.165, 1.54) is 0 Å². The summed E-state index contributed by atoms with van der Waals surface area (Å²) in [5.74, 6) is 0.598. The summed E-state index contributed by atoms with van der Waals surface area (Å²) in [4.78, 5) is 0.389. The number of sulfone groups is 1. The first-order chi connectivity index (χ1) is 9.53. The molecule has 0 radical (unpaired) electrons. The van der Waals surface area contributed by atoms with E-state index in [0.29, 0.717) is 22.9 Å². The van der Waals surface area contributed by atoms with Gasteiger partial charge in [0.2, 0.25) is 0 Å². The summed E-state index contributed by atoms with van der Waals surface area (Å²) in [5.41, 5.74) is 0.683. The van der Waals surface area contributed by atoms with Gasteiger partial charge in [0.15, 0.2) is 9.84 Å². The zero-order chi connectivity index (χ0) is 14.6. The Bertz CT molecular complexity index is 542. The van der Waals surface area contributed by atoms with Crippen molar-refractivity contribution in [1.82, 2.24) is 0 Å². The quantitative estimate of drug-likeness (QED) is 0.846. The molecule has 1 saturated carbocycles. The van der Waals surface area contributed by atoms with E-state index in [-0.39, 0.29) is 11.9 Å². The smallest absolute Gasteiger partial charge is 0.180 e. The lowest BCUT2D eigenvalue weighted by Crippen LogP contribution is -2.15. The molecular weight excluding hydrogens is 274 g/mol. The molecule has 2 unspecified atom stereocenters. The van der Waals surface area contributed by atoms with Crippen LogP contribution in [0.4, 0.5) is 5.69 Å². The fraction of sp³-hybridized carbons (Fsp3) is 0.600. The van der Waals surface area contributed by atoms with E-state index in [4.69, 9.17) is 0 Å². The Morgan fingerprint density at radius 1 is 1.30 bits per heavy atom. The average molecular weight is 297 g/mol. The Hall–Kier alpha value is -1.07. The van der Waals surface area contributed by atoms with E-state index in [2.05, 4.69) is 5.32 Å². The Kier molecular flexibility index (Phi) is 5.05. The zero-order valence-corrected chi connectivity index (χ0v) is 12.7. The lowest BCUT2D eigenvalue weighted by Gasteiger charge is -2.15. The van der Waals surface area contributed by atoms with Crippen LogP contribution in [0.5, 0.6) is 0 Å². The molecule has 4 nitrogen and oxygen atoms in total. The molecule has 112 valence electrons. The van der Waals surface area contributed by atoms with Crippen molar-refractivity contribution in [1.29, 1.82) is 0 Å². The number of aliphatic hydroxyl groups is 1. The van der Waals surface area contributed by atoms with Crippen molar-refractivity contribution in [3.63, 3.8) is 0 Å². The number of aliphatic hydroxyl groups excluding tert-OH is 1. The van der Waals surface area contributed by atoms with Crippen molar-refractivity contribution >= 4 is 15.5 Å². The summed E-state index contributed by atoms with van der Waals surface area (Å²) in [6, 6.07) is 7.08. The highest BCUT2D eigenvalue weighted by Crippen LogP contribution is 2.27. The highest BCUT2D eigenvalue weighted by atomic mass is 32.2. The molecule has 1 aromatic rings. The lowest BCUT2D eigenvalue weighted by molar-refractivity contribution is 0.178. The number of anilines is 1. The molecule has 0 aromatic heterocycles. The largest absolute Gasteiger partial charge is 0.393 e. The van der Waals surface area contributed by atoms with Gasteiger partial charge in [0.05, 0.1) is 22.4 Å². The van der Waals surface area contributed by atoms with Gasteiger partial charge in [-0.1, -0.05) is 19.1 Å². The summed E-state index contributed by atoms with van der Waals surface area (Å²) in [5, 5.41) is 12.8. The van der Waals surface area contributed by atoms with Gasteiger partial charge in [-0.3, -0.25) is 0 Å². The highest BCUT2D eigenvalue weighted by molar-refractivity contribution is 7.91. The zero-order valence-electron chi connectivity index (χ0n) is 11.9. The van der Waals surface area contributed by atoms with Crippen molar-refractivity contribution in [2.45, 2.75) is 43.6 Å². The summed E-state index contributed by atoms with van der Waals surface area (Å²) >= 11 is 0. The standard InChI is InChI=1S/C15H23NO3S/c1-2-9-20(18,19)15-6-4-3-5-14(15)16-11-12-7-8-13(17)10-12/h3-6,12-13,16-17H,2,7-11H2,1H3. The van der Waals surface area contributed by atoms with Crippen LogP contribution in [0.25, 0.3) is 0 Å². The molecule has 1 aliphatic rings. The van der Waals surface area contributed by atoms with E-state index >= 15 is 0 Å². The molecule has 2 atom stereocenters. The molecule has 5 heteroatoms. The minimum Gasteiger partial charge on any atom is -0.393 e. The van der Waals surface area contributed by atoms with Crippen molar-refractivity contribution in [3.8, 4) is 0 Å². The van der Waals surface area contributed by atoms with E-state index in [1.54, 1.807) is 12.1 Å². The monoisotopic (exact) mass is 297 g/mol. The molecule has 0 saturated heterocycles. The van der Waals surface area contributed by atoms with E-state index < -0.39 is 9.84 Å². The van der Waals surface area contributed by atoms with Crippen molar-refractivity contribution in [2.75, 3.05) is 17.6 Å². The van der Waals surface area contributed by atoms with Gasteiger partial charge in [0.1, 0.15) is 0 Å². The van der Waals surface area contributed by atoms with Gasteiger partial charge in [-0.05, 0) is 43.7 Å². The maximum atomic E-state index is 12.2. The van der Waals surface area contributed by atoms with Gasteiger partial charge >= 0.3 is 0 Å². The fourth-order valence-electron chi connectivity index (χ4n) is 2.75.